The Hall–Kier alpha value is -2.21. The van der Waals surface area contributed by atoms with Crippen LogP contribution < -0.4 is 4.90 Å². The third-order valence-electron chi connectivity index (χ3n) is 4.25. The molecule has 1 saturated heterocycles. The molecule has 1 heterocycles. The molecule has 0 aliphatic carbocycles. The summed E-state index contributed by atoms with van der Waals surface area (Å²) in [7, 11) is 0. The van der Waals surface area contributed by atoms with Gasteiger partial charge < -0.3 is 10.0 Å². The van der Waals surface area contributed by atoms with Crippen molar-refractivity contribution in [2.24, 2.45) is 0 Å². The maximum Gasteiger partial charge on any atom is 0.416 e. The molecule has 0 atom stereocenters. The summed E-state index contributed by atoms with van der Waals surface area (Å²) in [6, 6.07) is 12.6. The quantitative estimate of drug-likeness (QED) is 0.925. The Morgan fingerprint density at radius 1 is 0.917 bits per heavy atom. The van der Waals surface area contributed by atoms with Crippen LogP contribution in [0.4, 0.5) is 18.9 Å². The smallest absolute Gasteiger partial charge is 0.416 e. The van der Waals surface area contributed by atoms with Crippen molar-refractivity contribution in [1.82, 2.24) is 4.90 Å². The second-order valence-electron chi connectivity index (χ2n) is 5.98. The van der Waals surface area contributed by atoms with E-state index in [-0.39, 0.29) is 5.75 Å². The van der Waals surface area contributed by atoms with Gasteiger partial charge in [0, 0.05) is 38.4 Å². The standard InChI is InChI=1S/C18H19F3N2O/c19-18(20,21)15-2-1-3-16(12-15)23-10-8-22(9-11-23)13-14-4-6-17(24)7-5-14/h1-7,12,24H,8-11,13H2. The van der Waals surface area contributed by atoms with Gasteiger partial charge in [0.15, 0.2) is 0 Å². The Morgan fingerprint density at radius 3 is 2.21 bits per heavy atom. The highest BCUT2D eigenvalue weighted by molar-refractivity contribution is 5.49. The molecule has 2 aromatic carbocycles. The van der Waals surface area contributed by atoms with E-state index >= 15 is 0 Å². The van der Waals surface area contributed by atoms with E-state index in [1.165, 1.54) is 12.1 Å². The average Bonchev–Trinajstić information content (AvgIpc) is 2.57. The molecule has 128 valence electrons. The molecule has 1 fully saturated rings. The topological polar surface area (TPSA) is 26.7 Å². The first-order valence-electron chi connectivity index (χ1n) is 7.84. The fraction of sp³-hybridized carbons (Fsp3) is 0.333. The molecule has 1 N–H and O–H groups in total. The van der Waals surface area contributed by atoms with Gasteiger partial charge in [0.2, 0.25) is 0 Å². The normalized spacial score (nSPS) is 16.4. The van der Waals surface area contributed by atoms with Crippen LogP contribution >= 0.6 is 0 Å². The first-order chi connectivity index (χ1) is 11.4. The molecule has 1 aliphatic heterocycles. The zero-order chi connectivity index (χ0) is 17.2. The van der Waals surface area contributed by atoms with Gasteiger partial charge in [0.1, 0.15) is 5.75 Å². The van der Waals surface area contributed by atoms with Crippen molar-refractivity contribution >= 4 is 5.69 Å². The molecule has 24 heavy (non-hydrogen) atoms. The van der Waals surface area contributed by atoms with Gasteiger partial charge in [0.05, 0.1) is 5.56 Å². The number of anilines is 1. The van der Waals surface area contributed by atoms with E-state index in [0.29, 0.717) is 18.8 Å². The number of alkyl halides is 3. The summed E-state index contributed by atoms with van der Waals surface area (Å²) in [5.74, 6) is 0.244. The predicted molar refractivity (Wildman–Crippen MR) is 87.0 cm³/mol. The minimum Gasteiger partial charge on any atom is -0.508 e. The zero-order valence-corrected chi connectivity index (χ0v) is 13.1. The van der Waals surface area contributed by atoms with Crippen LogP contribution in [0.1, 0.15) is 11.1 Å². The van der Waals surface area contributed by atoms with Crippen LogP contribution in [0.15, 0.2) is 48.5 Å². The summed E-state index contributed by atoms with van der Waals surface area (Å²) in [5, 5.41) is 9.30. The van der Waals surface area contributed by atoms with Gasteiger partial charge >= 0.3 is 6.18 Å². The predicted octanol–water partition coefficient (Wildman–Crippen LogP) is 3.73. The molecule has 3 nitrogen and oxygen atoms in total. The maximum atomic E-state index is 12.8. The van der Waals surface area contributed by atoms with Crippen molar-refractivity contribution in [2.75, 3.05) is 31.1 Å². The highest BCUT2D eigenvalue weighted by Crippen LogP contribution is 2.31. The minimum atomic E-state index is -4.31. The van der Waals surface area contributed by atoms with Crippen molar-refractivity contribution in [3.8, 4) is 5.75 Å². The number of halogens is 3. The first kappa shape index (κ1) is 16.6. The molecule has 0 saturated carbocycles. The molecule has 1 aliphatic rings. The molecule has 2 aromatic rings. The van der Waals surface area contributed by atoms with E-state index in [0.717, 1.165) is 31.3 Å². The van der Waals surface area contributed by atoms with Crippen LogP contribution in [0.2, 0.25) is 0 Å². The number of piperazine rings is 1. The largest absolute Gasteiger partial charge is 0.508 e. The lowest BCUT2D eigenvalue weighted by atomic mass is 10.1. The van der Waals surface area contributed by atoms with Crippen LogP contribution in [0.25, 0.3) is 0 Å². The van der Waals surface area contributed by atoms with Crippen molar-refractivity contribution in [3.05, 3.63) is 59.7 Å². The number of phenols is 1. The first-order valence-corrected chi connectivity index (χ1v) is 7.84. The summed E-state index contributed by atoms with van der Waals surface area (Å²) in [6.07, 6.45) is -4.31. The molecular weight excluding hydrogens is 317 g/mol. The lowest BCUT2D eigenvalue weighted by Gasteiger charge is -2.36. The Kier molecular flexibility index (Phi) is 4.66. The molecule has 0 radical (unpaired) electrons. The van der Waals surface area contributed by atoms with Gasteiger partial charge in [0.25, 0.3) is 0 Å². The van der Waals surface area contributed by atoms with Crippen molar-refractivity contribution in [3.63, 3.8) is 0 Å². The number of benzene rings is 2. The third-order valence-corrected chi connectivity index (χ3v) is 4.25. The van der Waals surface area contributed by atoms with Crippen molar-refractivity contribution < 1.29 is 18.3 Å². The summed E-state index contributed by atoms with van der Waals surface area (Å²) < 4.78 is 38.5. The molecule has 0 amide bonds. The van der Waals surface area contributed by atoms with Crippen LogP contribution in [0.5, 0.6) is 5.75 Å². The summed E-state index contributed by atoms with van der Waals surface area (Å²) in [5.41, 5.74) is 1.13. The van der Waals surface area contributed by atoms with Crippen molar-refractivity contribution in [1.29, 1.82) is 0 Å². The van der Waals surface area contributed by atoms with E-state index in [1.54, 1.807) is 18.2 Å². The molecule has 0 bridgehead atoms. The van der Waals surface area contributed by atoms with Crippen LogP contribution in [-0.4, -0.2) is 36.2 Å². The van der Waals surface area contributed by atoms with Gasteiger partial charge in [-0.25, -0.2) is 0 Å². The van der Waals surface area contributed by atoms with E-state index in [9.17, 15) is 18.3 Å². The maximum absolute atomic E-state index is 12.8. The second-order valence-corrected chi connectivity index (χ2v) is 5.98. The van der Waals surface area contributed by atoms with Gasteiger partial charge in [-0.1, -0.05) is 18.2 Å². The summed E-state index contributed by atoms with van der Waals surface area (Å²) in [6.45, 7) is 3.74. The van der Waals surface area contributed by atoms with Crippen LogP contribution in [0.3, 0.4) is 0 Å². The number of hydrogen-bond acceptors (Lipinski definition) is 3. The SMILES string of the molecule is Oc1ccc(CN2CCN(c3cccc(C(F)(F)F)c3)CC2)cc1. The minimum absolute atomic E-state index is 0.244. The Balaban J connectivity index is 1.60. The number of nitrogens with zero attached hydrogens (tertiary/aromatic N) is 2. The second kappa shape index (κ2) is 6.73. The molecule has 0 spiro atoms. The molecule has 0 aromatic heterocycles. The van der Waals surface area contributed by atoms with Crippen LogP contribution in [0, 0.1) is 0 Å². The molecule has 6 heteroatoms. The molecule has 0 unspecified atom stereocenters. The van der Waals surface area contributed by atoms with E-state index < -0.39 is 11.7 Å². The monoisotopic (exact) mass is 336 g/mol. The van der Waals surface area contributed by atoms with Gasteiger partial charge in [-0.3, -0.25) is 4.90 Å². The fourth-order valence-corrected chi connectivity index (χ4v) is 2.90. The Labute approximate surface area is 138 Å². The van der Waals surface area contributed by atoms with E-state index in [2.05, 4.69) is 4.90 Å². The van der Waals surface area contributed by atoms with E-state index in [4.69, 9.17) is 0 Å². The fourth-order valence-electron chi connectivity index (χ4n) is 2.90. The Morgan fingerprint density at radius 2 is 1.58 bits per heavy atom. The highest BCUT2D eigenvalue weighted by Gasteiger charge is 2.31. The Bertz CT molecular complexity index is 677. The van der Waals surface area contributed by atoms with Gasteiger partial charge in [-0.15, -0.1) is 0 Å². The van der Waals surface area contributed by atoms with Gasteiger partial charge in [-0.05, 0) is 35.9 Å². The van der Waals surface area contributed by atoms with Crippen LogP contribution in [-0.2, 0) is 12.7 Å². The van der Waals surface area contributed by atoms with Gasteiger partial charge in [-0.2, -0.15) is 13.2 Å². The number of phenolic OH excluding ortho intramolecular Hbond substituents is 1. The van der Waals surface area contributed by atoms with Crippen molar-refractivity contribution in [2.45, 2.75) is 12.7 Å². The van der Waals surface area contributed by atoms with E-state index in [1.807, 2.05) is 17.0 Å². The highest BCUT2D eigenvalue weighted by atomic mass is 19.4. The molecular formula is C18H19F3N2O. The zero-order valence-electron chi connectivity index (χ0n) is 13.1. The lowest BCUT2D eigenvalue weighted by molar-refractivity contribution is -0.137. The summed E-state index contributed by atoms with van der Waals surface area (Å²) >= 11 is 0. The summed E-state index contributed by atoms with van der Waals surface area (Å²) in [4.78, 5) is 4.25. The molecule has 3 rings (SSSR count). The average molecular weight is 336 g/mol. The number of rotatable bonds is 3. The lowest BCUT2D eigenvalue weighted by Crippen LogP contribution is -2.46. The third kappa shape index (κ3) is 4.00. The number of aromatic hydroxyl groups is 1. The number of hydrogen-bond donors (Lipinski definition) is 1.